The number of imidazole rings is 1. The topological polar surface area (TPSA) is 75.9 Å². The fraction of sp³-hybridized carbons (Fsp3) is 0.300. The molecule has 1 unspecified atom stereocenters. The Labute approximate surface area is 172 Å². The smallest absolute Gasteiger partial charge is 0.229 e. The van der Waals surface area contributed by atoms with Gasteiger partial charge < -0.3 is 10.2 Å². The molecule has 0 aliphatic carbocycles. The van der Waals surface area contributed by atoms with Crippen LogP contribution in [0.2, 0.25) is 5.02 Å². The molecule has 0 radical (unpaired) electrons. The number of nitrogens with zero attached hydrogens (tertiary/aromatic N) is 5. The number of rotatable bonds is 4. The van der Waals surface area contributed by atoms with E-state index in [4.69, 9.17) is 11.6 Å². The first-order valence-electron chi connectivity index (χ1n) is 9.36. The van der Waals surface area contributed by atoms with E-state index in [0.29, 0.717) is 18.1 Å². The predicted molar refractivity (Wildman–Crippen MR) is 109 cm³/mol. The summed E-state index contributed by atoms with van der Waals surface area (Å²) in [4.78, 5) is 18.9. The van der Waals surface area contributed by atoms with Crippen molar-refractivity contribution in [3.05, 3.63) is 59.4 Å². The monoisotopic (exact) mass is 414 g/mol. The number of benzene rings is 1. The summed E-state index contributed by atoms with van der Waals surface area (Å²) in [5.41, 5.74) is 0.485. The number of halogens is 2. The first-order chi connectivity index (χ1) is 14.0. The van der Waals surface area contributed by atoms with Crippen LogP contribution >= 0.6 is 11.6 Å². The molecule has 150 valence electrons. The summed E-state index contributed by atoms with van der Waals surface area (Å²) < 4.78 is 15.2. The second kappa shape index (κ2) is 8.16. The van der Waals surface area contributed by atoms with E-state index in [1.165, 1.54) is 18.2 Å². The van der Waals surface area contributed by atoms with Crippen molar-refractivity contribution in [3.63, 3.8) is 0 Å². The lowest BCUT2D eigenvalue weighted by atomic mass is 9.97. The second-order valence-corrected chi connectivity index (χ2v) is 7.40. The van der Waals surface area contributed by atoms with Gasteiger partial charge in [0.15, 0.2) is 11.6 Å². The van der Waals surface area contributed by atoms with Gasteiger partial charge in [-0.15, -0.1) is 10.2 Å². The van der Waals surface area contributed by atoms with Gasteiger partial charge in [-0.05, 0) is 50.1 Å². The minimum atomic E-state index is -0.513. The lowest BCUT2D eigenvalue weighted by Crippen LogP contribution is -2.41. The minimum absolute atomic E-state index is 0.0171. The van der Waals surface area contributed by atoms with Crippen LogP contribution in [0.25, 0.3) is 5.82 Å². The Morgan fingerprint density at radius 2 is 2.03 bits per heavy atom. The molecule has 2 aromatic heterocycles. The SMILES string of the molecule is Cc1nccn1-c1ccc(N2CCCC(C(=O)Nc3ccc(F)c(Cl)c3)C2)nn1. The molecule has 1 atom stereocenters. The van der Waals surface area contributed by atoms with Gasteiger partial charge in [-0.3, -0.25) is 9.36 Å². The number of nitrogens with one attached hydrogen (secondary N) is 1. The molecular formula is C20H20ClFN6O. The number of aryl methyl sites for hydroxylation is 1. The van der Waals surface area contributed by atoms with Crippen LogP contribution < -0.4 is 10.2 Å². The molecule has 0 bridgehead atoms. The summed E-state index contributed by atoms with van der Waals surface area (Å²) in [7, 11) is 0. The zero-order valence-electron chi connectivity index (χ0n) is 15.8. The Bertz CT molecular complexity index is 1020. The van der Waals surface area contributed by atoms with Gasteiger partial charge in [0.05, 0.1) is 10.9 Å². The highest BCUT2D eigenvalue weighted by Crippen LogP contribution is 2.24. The van der Waals surface area contributed by atoms with Crippen LogP contribution in [0, 0.1) is 18.7 Å². The van der Waals surface area contributed by atoms with Gasteiger partial charge in [0, 0.05) is 31.2 Å². The van der Waals surface area contributed by atoms with Crippen molar-refractivity contribution in [1.82, 2.24) is 19.7 Å². The zero-order chi connectivity index (χ0) is 20.4. The lowest BCUT2D eigenvalue weighted by Gasteiger charge is -2.32. The first-order valence-corrected chi connectivity index (χ1v) is 9.74. The quantitative estimate of drug-likeness (QED) is 0.705. The fourth-order valence-corrected chi connectivity index (χ4v) is 3.63. The zero-order valence-corrected chi connectivity index (χ0v) is 16.6. The number of amides is 1. The van der Waals surface area contributed by atoms with E-state index >= 15 is 0 Å². The number of hydrogen-bond donors (Lipinski definition) is 1. The standard InChI is InChI=1S/C20H20ClFN6O/c1-13-23-8-10-28(13)19-7-6-18(25-26-19)27-9-2-3-14(12-27)20(29)24-15-4-5-17(22)16(21)11-15/h4-8,10-11,14H,2-3,9,12H2,1H3,(H,24,29). The molecule has 1 N–H and O–H groups in total. The van der Waals surface area contributed by atoms with Gasteiger partial charge in [-0.25, -0.2) is 9.37 Å². The number of piperidine rings is 1. The Morgan fingerprint density at radius 3 is 2.72 bits per heavy atom. The van der Waals surface area contributed by atoms with Crippen molar-refractivity contribution < 1.29 is 9.18 Å². The van der Waals surface area contributed by atoms with Crippen molar-refractivity contribution in [2.24, 2.45) is 5.92 Å². The third-order valence-corrected chi connectivity index (χ3v) is 5.30. The van der Waals surface area contributed by atoms with Crippen LogP contribution in [0.4, 0.5) is 15.9 Å². The van der Waals surface area contributed by atoms with Crippen LogP contribution in [0.5, 0.6) is 0 Å². The molecule has 29 heavy (non-hydrogen) atoms. The third kappa shape index (κ3) is 4.22. The number of carbonyl (C=O) groups is 1. The summed E-state index contributed by atoms with van der Waals surface area (Å²) >= 11 is 5.79. The van der Waals surface area contributed by atoms with E-state index in [1.807, 2.05) is 29.8 Å². The summed E-state index contributed by atoms with van der Waals surface area (Å²) in [6, 6.07) is 7.95. The number of hydrogen-bond acceptors (Lipinski definition) is 5. The Balaban J connectivity index is 1.43. The van der Waals surface area contributed by atoms with E-state index in [0.717, 1.165) is 31.0 Å². The van der Waals surface area contributed by atoms with Crippen molar-refractivity contribution in [2.45, 2.75) is 19.8 Å². The van der Waals surface area contributed by atoms with Crippen molar-refractivity contribution in [3.8, 4) is 5.82 Å². The average molecular weight is 415 g/mol. The first kappa shape index (κ1) is 19.3. The molecule has 7 nitrogen and oxygen atoms in total. The Hall–Kier alpha value is -3.00. The molecule has 4 rings (SSSR count). The van der Waals surface area contributed by atoms with Gasteiger partial charge in [-0.2, -0.15) is 0 Å². The van der Waals surface area contributed by atoms with E-state index in [1.54, 1.807) is 6.20 Å². The van der Waals surface area contributed by atoms with Crippen LogP contribution in [0.1, 0.15) is 18.7 Å². The predicted octanol–water partition coefficient (Wildman–Crippen LogP) is 3.62. The molecule has 1 fully saturated rings. The van der Waals surface area contributed by atoms with E-state index in [9.17, 15) is 9.18 Å². The van der Waals surface area contributed by atoms with Gasteiger partial charge in [0.1, 0.15) is 11.6 Å². The van der Waals surface area contributed by atoms with E-state index in [-0.39, 0.29) is 16.8 Å². The molecule has 0 saturated carbocycles. The molecule has 1 amide bonds. The van der Waals surface area contributed by atoms with Crippen LogP contribution in [0.3, 0.4) is 0 Å². The van der Waals surface area contributed by atoms with Crippen molar-refractivity contribution in [1.29, 1.82) is 0 Å². The average Bonchev–Trinajstić information content (AvgIpc) is 3.17. The summed E-state index contributed by atoms with van der Waals surface area (Å²) in [5.74, 6) is 1.43. The highest BCUT2D eigenvalue weighted by atomic mass is 35.5. The number of carbonyl (C=O) groups excluding carboxylic acids is 1. The minimum Gasteiger partial charge on any atom is -0.354 e. The molecular weight excluding hydrogens is 395 g/mol. The molecule has 0 spiro atoms. The van der Waals surface area contributed by atoms with Crippen molar-refractivity contribution in [2.75, 3.05) is 23.3 Å². The maximum atomic E-state index is 13.3. The van der Waals surface area contributed by atoms with E-state index < -0.39 is 5.82 Å². The third-order valence-electron chi connectivity index (χ3n) is 5.01. The van der Waals surface area contributed by atoms with Gasteiger partial charge in [0.2, 0.25) is 5.91 Å². The van der Waals surface area contributed by atoms with Gasteiger partial charge in [-0.1, -0.05) is 11.6 Å². The normalized spacial score (nSPS) is 16.7. The van der Waals surface area contributed by atoms with Crippen LogP contribution in [-0.4, -0.2) is 38.7 Å². The van der Waals surface area contributed by atoms with Crippen LogP contribution in [-0.2, 0) is 4.79 Å². The fourth-order valence-electron chi connectivity index (χ4n) is 3.45. The Morgan fingerprint density at radius 1 is 1.24 bits per heavy atom. The molecule has 1 aliphatic heterocycles. The number of anilines is 2. The maximum absolute atomic E-state index is 13.3. The largest absolute Gasteiger partial charge is 0.354 e. The molecule has 1 aliphatic rings. The number of aromatic nitrogens is 4. The Kier molecular flexibility index (Phi) is 5.44. The highest BCUT2D eigenvalue weighted by molar-refractivity contribution is 6.31. The van der Waals surface area contributed by atoms with Gasteiger partial charge >= 0.3 is 0 Å². The van der Waals surface area contributed by atoms with E-state index in [2.05, 4.69) is 25.4 Å². The van der Waals surface area contributed by atoms with Crippen LogP contribution in [0.15, 0.2) is 42.7 Å². The summed E-state index contributed by atoms with van der Waals surface area (Å²) in [6.07, 6.45) is 5.19. The molecule has 1 aromatic carbocycles. The maximum Gasteiger partial charge on any atom is 0.229 e. The molecule has 3 aromatic rings. The molecule has 1 saturated heterocycles. The van der Waals surface area contributed by atoms with Crippen molar-refractivity contribution >= 4 is 29.0 Å². The summed E-state index contributed by atoms with van der Waals surface area (Å²) in [6.45, 7) is 3.25. The molecule has 3 heterocycles. The second-order valence-electron chi connectivity index (χ2n) is 7.00. The van der Waals surface area contributed by atoms with Gasteiger partial charge in [0.25, 0.3) is 0 Å². The molecule has 9 heteroatoms. The summed E-state index contributed by atoms with van der Waals surface area (Å²) in [5, 5.41) is 11.4. The highest BCUT2D eigenvalue weighted by Gasteiger charge is 2.27. The lowest BCUT2D eigenvalue weighted by molar-refractivity contribution is -0.120.